The highest BCUT2D eigenvalue weighted by atomic mass is 35.5. The predicted molar refractivity (Wildman–Crippen MR) is 115 cm³/mol. The van der Waals surface area contributed by atoms with E-state index in [-0.39, 0.29) is 17.4 Å². The molecule has 3 nitrogen and oxygen atoms in total. The molecule has 3 aromatic rings. The van der Waals surface area contributed by atoms with Gasteiger partial charge in [-0.3, -0.25) is 0 Å². The van der Waals surface area contributed by atoms with E-state index in [1.807, 2.05) is 6.07 Å². The van der Waals surface area contributed by atoms with E-state index < -0.39 is 11.7 Å². The van der Waals surface area contributed by atoms with E-state index in [2.05, 4.69) is 6.92 Å². The number of aromatic hydroxyl groups is 1. The van der Waals surface area contributed by atoms with Crippen LogP contribution in [0.4, 0.5) is 13.2 Å². The van der Waals surface area contributed by atoms with E-state index in [0.29, 0.717) is 23.7 Å². The Morgan fingerprint density at radius 2 is 1.61 bits per heavy atom. The van der Waals surface area contributed by atoms with Gasteiger partial charge in [-0.2, -0.15) is 13.2 Å². The van der Waals surface area contributed by atoms with Crippen LogP contribution in [0, 0.1) is 0 Å². The van der Waals surface area contributed by atoms with E-state index in [9.17, 15) is 18.3 Å². The monoisotopic (exact) mass is 450 g/mol. The summed E-state index contributed by atoms with van der Waals surface area (Å²) in [7, 11) is 0. The Kier molecular flexibility index (Phi) is 7.33. The lowest BCUT2D eigenvalue weighted by atomic mass is 9.99. The van der Waals surface area contributed by atoms with E-state index in [1.165, 1.54) is 12.1 Å². The van der Waals surface area contributed by atoms with Gasteiger partial charge in [0.1, 0.15) is 23.0 Å². The molecule has 0 spiro atoms. The van der Waals surface area contributed by atoms with Crippen LogP contribution in [0.5, 0.6) is 23.0 Å². The summed E-state index contributed by atoms with van der Waals surface area (Å²) in [5.41, 5.74) is 1.50. The third-order valence-electron chi connectivity index (χ3n) is 4.61. The molecule has 0 saturated carbocycles. The maximum Gasteiger partial charge on any atom is 0.416 e. The van der Waals surface area contributed by atoms with Crippen LogP contribution in [-0.2, 0) is 12.1 Å². The van der Waals surface area contributed by atoms with E-state index in [0.717, 1.165) is 36.1 Å². The minimum absolute atomic E-state index is 0.0542. The molecule has 0 heterocycles. The summed E-state index contributed by atoms with van der Waals surface area (Å²) in [4.78, 5) is 0. The molecule has 0 radical (unpaired) electrons. The van der Waals surface area contributed by atoms with Crippen LogP contribution < -0.4 is 9.47 Å². The molecule has 0 aliphatic rings. The molecular formula is C24H22ClF3O3. The third-order valence-corrected chi connectivity index (χ3v) is 4.90. The summed E-state index contributed by atoms with van der Waals surface area (Å²) in [6.45, 7) is 2.60. The number of benzene rings is 3. The molecule has 0 unspecified atom stereocenters. The average molecular weight is 451 g/mol. The highest BCUT2D eigenvalue weighted by molar-refractivity contribution is 6.17. The first-order valence-electron chi connectivity index (χ1n) is 9.81. The molecule has 164 valence electrons. The first-order valence-corrected chi connectivity index (χ1v) is 10.3. The molecule has 1 N–H and O–H groups in total. The van der Waals surface area contributed by atoms with Crippen molar-refractivity contribution in [3.8, 4) is 34.1 Å². The second kappa shape index (κ2) is 9.96. The van der Waals surface area contributed by atoms with E-state index in [1.54, 1.807) is 30.3 Å². The molecule has 3 aromatic carbocycles. The summed E-state index contributed by atoms with van der Waals surface area (Å²) in [6.07, 6.45) is -2.51. The second-order valence-corrected chi connectivity index (χ2v) is 7.26. The molecule has 0 fully saturated rings. The Bertz CT molecular complexity index is 1020. The lowest BCUT2D eigenvalue weighted by Crippen LogP contribution is -2.04. The van der Waals surface area contributed by atoms with Crippen LogP contribution in [0.3, 0.4) is 0 Å². The van der Waals surface area contributed by atoms with Crippen LogP contribution in [0.25, 0.3) is 11.1 Å². The molecule has 31 heavy (non-hydrogen) atoms. The lowest BCUT2D eigenvalue weighted by molar-refractivity contribution is -0.137. The van der Waals surface area contributed by atoms with Crippen molar-refractivity contribution in [2.24, 2.45) is 0 Å². The maximum atomic E-state index is 12.7. The fourth-order valence-electron chi connectivity index (χ4n) is 3.01. The minimum atomic E-state index is -4.40. The summed E-state index contributed by atoms with van der Waals surface area (Å²) in [6, 6.07) is 14.6. The molecule has 0 bridgehead atoms. The van der Waals surface area contributed by atoms with Crippen LogP contribution in [-0.4, -0.2) is 11.7 Å². The van der Waals surface area contributed by atoms with Crippen molar-refractivity contribution in [3.05, 3.63) is 71.8 Å². The molecule has 3 rings (SSSR count). The van der Waals surface area contributed by atoms with Crippen molar-refractivity contribution < 1.29 is 27.8 Å². The van der Waals surface area contributed by atoms with Gasteiger partial charge in [-0.15, -0.1) is 11.6 Å². The van der Waals surface area contributed by atoms with Gasteiger partial charge in [0.15, 0.2) is 0 Å². The van der Waals surface area contributed by atoms with Gasteiger partial charge in [0, 0.05) is 11.9 Å². The Labute approximate surface area is 184 Å². The predicted octanol–water partition coefficient (Wildman–Crippen LogP) is 7.79. The van der Waals surface area contributed by atoms with Crippen molar-refractivity contribution in [1.29, 1.82) is 0 Å². The number of unbranched alkanes of at least 4 members (excludes halogenated alkanes) is 1. The zero-order valence-electron chi connectivity index (χ0n) is 16.9. The number of phenols is 1. The van der Waals surface area contributed by atoms with Crippen molar-refractivity contribution in [3.63, 3.8) is 0 Å². The van der Waals surface area contributed by atoms with Gasteiger partial charge in [-0.25, -0.2) is 0 Å². The van der Waals surface area contributed by atoms with Crippen LogP contribution in [0.15, 0.2) is 60.7 Å². The zero-order chi connectivity index (χ0) is 22.4. The molecule has 0 amide bonds. The van der Waals surface area contributed by atoms with Crippen molar-refractivity contribution in [2.75, 3.05) is 6.61 Å². The van der Waals surface area contributed by atoms with Crippen molar-refractivity contribution in [2.45, 2.75) is 31.8 Å². The Morgan fingerprint density at radius 3 is 2.26 bits per heavy atom. The molecule has 0 aliphatic carbocycles. The SMILES string of the molecule is CCCCOc1cc(O)cc(-c2cc(Oc3ccc(C(F)(F)F)cc3)ccc2CCl)c1. The van der Waals surface area contributed by atoms with Gasteiger partial charge < -0.3 is 14.6 Å². The Morgan fingerprint density at radius 1 is 0.903 bits per heavy atom. The lowest BCUT2D eigenvalue weighted by Gasteiger charge is -2.14. The smallest absolute Gasteiger partial charge is 0.416 e. The van der Waals surface area contributed by atoms with Gasteiger partial charge in [0.25, 0.3) is 0 Å². The fourth-order valence-corrected chi connectivity index (χ4v) is 3.24. The van der Waals surface area contributed by atoms with Gasteiger partial charge in [0.05, 0.1) is 12.2 Å². The highest BCUT2D eigenvalue weighted by Crippen LogP contribution is 2.36. The highest BCUT2D eigenvalue weighted by Gasteiger charge is 2.30. The first-order chi connectivity index (χ1) is 14.8. The molecule has 0 atom stereocenters. The number of halogens is 4. The third kappa shape index (κ3) is 6.07. The number of ether oxygens (including phenoxy) is 2. The maximum absolute atomic E-state index is 12.7. The van der Waals surface area contributed by atoms with Gasteiger partial charge in [-0.1, -0.05) is 19.4 Å². The van der Waals surface area contributed by atoms with Crippen LogP contribution in [0.2, 0.25) is 0 Å². The standard InChI is InChI=1S/C24H22ClF3O3/c1-2-3-10-30-22-12-17(11-19(29)13-22)23-14-21(7-4-16(23)15-25)31-20-8-5-18(6-9-20)24(26,27)28/h4-9,11-14,29H,2-3,10,15H2,1H3. The van der Waals surface area contributed by atoms with Gasteiger partial charge >= 0.3 is 6.18 Å². The van der Waals surface area contributed by atoms with Crippen molar-refractivity contribution in [1.82, 2.24) is 0 Å². The number of hydrogen-bond donors (Lipinski definition) is 1. The molecule has 0 saturated heterocycles. The van der Waals surface area contributed by atoms with Gasteiger partial charge in [0.2, 0.25) is 0 Å². The summed E-state index contributed by atoms with van der Waals surface area (Å²) < 4.78 is 49.7. The number of rotatable bonds is 8. The normalized spacial score (nSPS) is 11.4. The van der Waals surface area contributed by atoms with Crippen LogP contribution >= 0.6 is 11.6 Å². The van der Waals surface area contributed by atoms with E-state index in [4.69, 9.17) is 21.1 Å². The van der Waals surface area contributed by atoms with Crippen molar-refractivity contribution >= 4 is 11.6 Å². The molecule has 0 aliphatic heterocycles. The summed E-state index contributed by atoms with van der Waals surface area (Å²) in [5, 5.41) is 10.1. The largest absolute Gasteiger partial charge is 0.508 e. The number of phenolic OH excluding ortho intramolecular Hbond substituents is 1. The molecule has 7 heteroatoms. The fraction of sp³-hybridized carbons (Fsp3) is 0.250. The first kappa shape index (κ1) is 22.8. The van der Waals surface area contributed by atoms with E-state index >= 15 is 0 Å². The summed E-state index contributed by atoms with van der Waals surface area (Å²) in [5.74, 6) is 1.53. The zero-order valence-corrected chi connectivity index (χ0v) is 17.6. The summed E-state index contributed by atoms with van der Waals surface area (Å²) >= 11 is 6.10. The molecule has 0 aromatic heterocycles. The average Bonchev–Trinajstić information content (AvgIpc) is 2.73. The number of alkyl halides is 4. The van der Waals surface area contributed by atoms with Crippen LogP contribution in [0.1, 0.15) is 30.9 Å². The number of hydrogen-bond acceptors (Lipinski definition) is 3. The Hall–Kier alpha value is -2.86. The second-order valence-electron chi connectivity index (χ2n) is 6.99. The topological polar surface area (TPSA) is 38.7 Å². The van der Waals surface area contributed by atoms with Gasteiger partial charge in [-0.05, 0) is 71.6 Å². The Balaban J connectivity index is 1.89. The quantitative estimate of drug-likeness (QED) is 0.281. The molecular weight excluding hydrogens is 429 g/mol. The minimum Gasteiger partial charge on any atom is -0.508 e.